The SMILES string of the molecule is CCOC(=O)Cc1ccc(Oc2nc3ccccc3s2)cc1. The van der Waals surface area contributed by atoms with E-state index in [1.54, 1.807) is 6.92 Å². The first kappa shape index (κ1) is 14.5. The Balaban J connectivity index is 1.69. The highest BCUT2D eigenvalue weighted by Gasteiger charge is 2.07. The van der Waals surface area contributed by atoms with Gasteiger partial charge in [0.25, 0.3) is 5.19 Å². The fraction of sp³-hybridized carbons (Fsp3) is 0.176. The summed E-state index contributed by atoms with van der Waals surface area (Å²) in [5.74, 6) is 0.481. The lowest BCUT2D eigenvalue weighted by molar-refractivity contribution is -0.142. The van der Waals surface area contributed by atoms with Crippen molar-refractivity contribution in [3.05, 3.63) is 54.1 Å². The molecule has 0 aliphatic carbocycles. The number of nitrogens with zero attached hydrogens (tertiary/aromatic N) is 1. The molecule has 0 saturated carbocycles. The van der Waals surface area contributed by atoms with Crippen molar-refractivity contribution in [2.45, 2.75) is 13.3 Å². The number of rotatable bonds is 5. The first-order chi connectivity index (χ1) is 10.7. The fourth-order valence-corrected chi connectivity index (χ4v) is 2.88. The second-order valence-corrected chi connectivity index (χ2v) is 5.67. The number of esters is 1. The van der Waals surface area contributed by atoms with Gasteiger partial charge in [0.1, 0.15) is 5.75 Å². The predicted octanol–water partition coefficient (Wildman–Crippen LogP) is 4.19. The summed E-state index contributed by atoms with van der Waals surface area (Å²) in [6, 6.07) is 15.3. The minimum Gasteiger partial charge on any atom is -0.466 e. The van der Waals surface area contributed by atoms with Crippen LogP contribution < -0.4 is 4.74 Å². The molecule has 0 spiro atoms. The van der Waals surface area contributed by atoms with Crippen LogP contribution in [-0.2, 0) is 16.0 Å². The number of thiazole rings is 1. The van der Waals surface area contributed by atoms with Crippen molar-refractivity contribution in [2.24, 2.45) is 0 Å². The summed E-state index contributed by atoms with van der Waals surface area (Å²) in [6.07, 6.45) is 0.273. The molecule has 0 aliphatic rings. The van der Waals surface area contributed by atoms with Crippen LogP contribution in [0.2, 0.25) is 0 Å². The van der Waals surface area contributed by atoms with Crippen LogP contribution in [-0.4, -0.2) is 17.6 Å². The predicted molar refractivity (Wildman–Crippen MR) is 86.5 cm³/mol. The second kappa shape index (κ2) is 6.58. The average Bonchev–Trinajstić information content (AvgIpc) is 2.91. The van der Waals surface area contributed by atoms with E-state index in [9.17, 15) is 4.79 Å². The minimum absolute atomic E-state index is 0.220. The van der Waals surface area contributed by atoms with Gasteiger partial charge in [0, 0.05) is 0 Å². The van der Waals surface area contributed by atoms with Crippen molar-refractivity contribution in [1.82, 2.24) is 4.98 Å². The smallest absolute Gasteiger partial charge is 0.310 e. The maximum Gasteiger partial charge on any atom is 0.310 e. The molecule has 0 amide bonds. The average molecular weight is 313 g/mol. The lowest BCUT2D eigenvalue weighted by Gasteiger charge is -2.04. The maximum atomic E-state index is 11.4. The zero-order valence-electron chi connectivity index (χ0n) is 12.1. The van der Waals surface area contributed by atoms with Crippen molar-refractivity contribution in [1.29, 1.82) is 0 Å². The van der Waals surface area contributed by atoms with Crippen LogP contribution in [0.4, 0.5) is 0 Å². The second-order valence-electron chi connectivity index (χ2n) is 4.68. The third-order valence-electron chi connectivity index (χ3n) is 3.06. The molecule has 0 bridgehead atoms. The Morgan fingerprint density at radius 1 is 1.14 bits per heavy atom. The summed E-state index contributed by atoms with van der Waals surface area (Å²) < 4.78 is 11.8. The Labute approximate surface area is 132 Å². The van der Waals surface area contributed by atoms with Crippen LogP contribution in [0.5, 0.6) is 10.9 Å². The van der Waals surface area contributed by atoms with Gasteiger partial charge in [-0.15, -0.1) is 0 Å². The van der Waals surface area contributed by atoms with Crippen LogP contribution in [0.25, 0.3) is 10.2 Å². The molecule has 3 rings (SSSR count). The van der Waals surface area contributed by atoms with Gasteiger partial charge in [0.05, 0.1) is 23.2 Å². The van der Waals surface area contributed by atoms with E-state index < -0.39 is 0 Å². The molecule has 0 aliphatic heterocycles. The highest BCUT2D eigenvalue weighted by molar-refractivity contribution is 7.20. The van der Waals surface area contributed by atoms with Crippen molar-refractivity contribution < 1.29 is 14.3 Å². The van der Waals surface area contributed by atoms with Crippen LogP contribution >= 0.6 is 11.3 Å². The van der Waals surface area contributed by atoms with Gasteiger partial charge in [0.2, 0.25) is 0 Å². The number of para-hydroxylation sites is 1. The molecular weight excluding hydrogens is 298 g/mol. The molecule has 0 N–H and O–H groups in total. The molecule has 0 atom stereocenters. The Hall–Kier alpha value is -2.40. The molecule has 4 nitrogen and oxygen atoms in total. The van der Waals surface area contributed by atoms with E-state index in [0.29, 0.717) is 17.6 Å². The van der Waals surface area contributed by atoms with Crippen LogP contribution in [0.3, 0.4) is 0 Å². The topological polar surface area (TPSA) is 48.4 Å². The summed E-state index contributed by atoms with van der Waals surface area (Å²) in [4.78, 5) is 15.9. The molecule has 112 valence electrons. The Morgan fingerprint density at radius 2 is 1.91 bits per heavy atom. The van der Waals surface area contributed by atoms with E-state index in [2.05, 4.69) is 4.98 Å². The lowest BCUT2D eigenvalue weighted by Crippen LogP contribution is -2.07. The van der Waals surface area contributed by atoms with Gasteiger partial charge >= 0.3 is 5.97 Å². The monoisotopic (exact) mass is 313 g/mol. The number of carbonyl (C=O) groups is 1. The van der Waals surface area contributed by atoms with E-state index in [0.717, 1.165) is 15.8 Å². The van der Waals surface area contributed by atoms with E-state index >= 15 is 0 Å². The summed E-state index contributed by atoms with van der Waals surface area (Å²) in [5, 5.41) is 0.611. The van der Waals surface area contributed by atoms with Gasteiger partial charge in [-0.05, 0) is 36.8 Å². The molecule has 0 radical (unpaired) electrons. The minimum atomic E-state index is -0.220. The van der Waals surface area contributed by atoms with E-state index in [-0.39, 0.29) is 12.4 Å². The van der Waals surface area contributed by atoms with Gasteiger partial charge in [-0.2, -0.15) is 0 Å². The molecular formula is C17H15NO3S. The highest BCUT2D eigenvalue weighted by Crippen LogP contribution is 2.31. The zero-order valence-corrected chi connectivity index (χ0v) is 12.9. The molecule has 0 saturated heterocycles. The quantitative estimate of drug-likeness (QED) is 0.663. The van der Waals surface area contributed by atoms with Gasteiger partial charge in [-0.1, -0.05) is 35.6 Å². The number of aromatic nitrogens is 1. The van der Waals surface area contributed by atoms with Crippen LogP contribution in [0, 0.1) is 0 Å². The van der Waals surface area contributed by atoms with E-state index in [4.69, 9.17) is 9.47 Å². The highest BCUT2D eigenvalue weighted by atomic mass is 32.1. The molecule has 0 fully saturated rings. The van der Waals surface area contributed by atoms with E-state index in [1.165, 1.54) is 11.3 Å². The summed E-state index contributed by atoms with van der Waals surface area (Å²) in [6.45, 7) is 2.20. The third kappa shape index (κ3) is 3.43. The maximum absolute atomic E-state index is 11.4. The summed E-state index contributed by atoms with van der Waals surface area (Å²) >= 11 is 1.51. The van der Waals surface area contributed by atoms with Crippen LogP contribution in [0.1, 0.15) is 12.5 Å². The first-order valence-corrected chi connectivity index (χ1v) is 7.84. The Morgan fingerprint density at radius 3 is 2.64 bits per heavy atom. The molecule has 0 unspecified atom stereocenters. The number of fused-ring (bicyclic) bond motifs is 1. The number of hydrogen-bond acceptors (Lipinski definition) is 5. The number of benzene rings is 2. The number of carbonyl (C=O) groups excluding carboxylic acids is 1. The van der Waals surface area contributed by atoms with Crippen molar-refractivity contribution in [2.75, 3.05) is 6.61 Å². The number of ether oxygens (including phenoxy) is 2. The molecule has 5 heteroatoms. The Kier molecular flexibility index (Phi) is 4.34. The van der Waals surface area contributed by atoms with Crippen LogP contribution in [0.15, 0.2) is 48.5 Å². The van der Waals surface area contributed by atoms with Crippen molar-refractivity contribution in [3.63, 3.8) is 0 Å². The van der Waals surface area contributed by atoms with Gasteiger partial charge in [-0.25, -0.2) is 4.98 Å². The third-order valence-corrected chi connectivity index (χ3v) is 3.97. The summed E-state index contributed by atoms with van der Waals surface area (Å²) in [5.41, 5.74) is 1.83. The molecule has 22 heavy (non-hydrogen) atoms. The Bertz CT molecular complexity index is 747. The van der Waals surface area contributed by atoms with Gasteiger partial charge < -0.3 is 9.47 Å². The first-order valence-electron chi connectivity index (χ1n) is 7.02. The van der Waals surface area contributed by atoms with Crippen molar-refractivity contribution in [3.8, 4) is 10.9 Å². The van der Waals surface area contributed by atoms with Gasteiger partial charge in [-0.3, -0.25) is 4.79 Å². The largest absolute Gasteiger partial charge is 0.466 e. The standard InChI is InChI=1S/C17H15NO3S/c1-2-20-16(19)11-12-7-9-13(10-8-12)21-17-18-14-5-3-4-6-15(14)22-17/h3-10H,2,11H2,1H3. The molecule has 1 aromatic heterocycles. The normalized spacial score (nSPS) is 10.6. The fourth-order valence-electron chi connectivity index (χ4n) is 2.05. The lowest BCUT2D eigenvalue weighted by atomic mass is 10.1. The molecule has 2 aromatic carbocycles. The molecule has 1 heterocycles. The van der Waals surface area contributed by atoms with E-state index in [1.807, 2.05) is 48.5 Å². The van der Waals surface area contributed by atoms with Gasteiger partial charge in [0.15, 0.2) is 0 Å². The molecule has 3 aromatic rings. The number of hydrogen-bond donors (Lipinski definition) is 0. The summed E-state index contributed by atoms with van der Waals surface area (Å²) in [7, 11) is 0. The van der Waals surface area contributed by atoms with Crippen molar-refractivity contribution >= 4 is 27.5 Å². The zero-order chi connectivity index (χ0) is 15.4.